The largest absolute Gasteiger partial charge is 0.484 e. The van der Waals surface area contributed by atoms with Crippen molar-refractivity contribution in [2.75, 3.05) is 24.3 Å². The fourth-order valence-corrected chi connectivity index (χ4v) is 3.92. The molecule has 0 bridgehead atoms. The highest BCUT2D eigenvalue weighted by Gasteiger charge is 2.27. The van der Waals surface area contributed by atoms with E-state index in [2.05, 4.69) is 10.3 Å². The van der Waals surface area contributed by atoms with Gasteiger partial charge in [-0.15, -0.1) is 0 Å². The minimum Gasteiger partial charge on any atom is -0.484 e. The number of carbonyl (C=O) groups is 3. The van der Waals surface area contributed by atoms with E-state index in [-0.39, 0.29) is 34.1 Å². The van der Waals surface area contributed by atoms with Crippen LogP contribution >= 0.6 is 11.3 Å². The molecule has 0 aliphatic heterocycles. The number of rotatable bonds is 9. The monoisotopic (exact) mass is 471 g/mol. The number of thiazole rings is 1. The molecule has 2 aromatic carbocycles. The molecule has 3 aromatic rings. The van der Waals surface area contributed by atoms with Gasteiger partial charge in [-0.3, -0.25) is 14.4 Å². The predicted molar refractivity (Wildman–Crippen MR) is 123 cm³/mol. The van der Waals surface area contributed by atoms with Crippen molar-refractivity contribution in [3.63, 3.8) is 0 Å². The van der Waals surface area contributed by atoms with Gasteiger partial charge in [-0.2, -0.15) is 0 Å². The first-order valence-electron chi connectivity index (χ1n) is 9.79. The van der Waals surface area contributed by atoms with Crippen molar-refractivity contribution in [2.24, 2.45) is 5.73 Å². The average Bonchev–Trinajstić information content (AvgIpc) is 3.19. The number of halogens is 1. The second kappa shape index (κ2) is 10.1. The topological polar surface area (TPSA) is 141 Å². The molecule has 1 atom stereocenters. The summed E-state index contributed by atoms with van der Waals surface area (Å²) in [5.41, 5.74) is 12.3. The van der Waals surface area contributed by atoms with E-state index in [0.717, 1.165) is 11.3 Å². The maximum Gasteiger partial charge on any atom is 0.257 e. The fourth-order valence-electron chi connectivity index (χ4n) is 2.87. The van der Waals surface area contributed by atoms with Gasteiger partial charge in [0.15, 0.2) is 11.7 Å². The Balaban J connectivity index is 1.88. The molecule has 33 heavy (non-hydrogen) atoms. The molecule has 11 heteroatoms. The molecule has 1 unspecified atom stereocenters. The van der Waals surface area contributed by atoms with Gasteiger partial charge in [0.05, 0.1) is 0 Å². The van der Waals surface area contributed by atoms with Gasteiger partial charge in [-0.05, 0) is 55.5 Å². The number of nitrogens with zero attached hydrogens (tertiary/aromatic N) is 2. The van der Waals surface area contributed by atoms with Crippen molar-refractivity contribution in [1.29, 1.82) is 0 Å². The Morgan fingerprint density at radius 2 is 1.79 bits per heavy atom. The summed E-state index contributed by atoms with van der Waals surface area (Å²) < 4.78 is 18.7. The van der Waals surface area contributed by atoms with Gasteiger partial charge in [0, 0.05) is 18.3 Å². The molecule has 5 N–H and O–H groups in total. The first kappa shape index (κ1) is 23.7. The minimum atomic E-state index is -0.833. The molecule has 0 spiro atoms. The van der Waals surface area contributed by atoms with Crippen molar-refractivity contribution < 1.29 is 23.5 Å². The third-order valence-electron chi connectivity index (χ3n) is 4.72. The molecule has 0 aliphatic rings. The quantitative estimate of drug-likeness (QED) is 0.407. The summed E-state index contributed by atoms with van der Waals surface area (Å²) in [6, 6.07) is 10.8. The summed E-state index contributed by atoms with van der Waals surface area (Å²) in [6.07, 6.45) is 0. The first-order valence-corrected chi connectivity index (χ1v) is 10.6. The van der Waals surface area contributed by atoms with Crippen LogP contribution < -0.4 is 26.4 Å². The lowest BCUT2D eigenvalue weighted by molar-refractivity contribution is -0.122. The average molecular weight is 472 g/mol. The van der Waals surface area contributed by atoms with E-state index in [1.807, 2.05) is 0 Å². The van der Waals surface area contributed by atoms with Crippen LogP contribution in [-0.2, 0) is 9.59 Å². The summed E-state index contributed by atoms with van der Waals surface area (Å²) in [4.78, 5) is 42.2. The predicted octanol–water partition coefficient (Wildman–Crippen LogP) is 2.23. The summed E-state index contributed by atoms with van der Waals surface area (Å²) in [5, 5.41) is 2.71. The highest BCUT2D eigenvalue weighted by atomic mass is 32.1. The zero-order valence-electron chi connectivity index (χ0n) is 17.9. The molecule has 0 aliphatic carbocycles. The molecular weight excluding hydrogens is 449 g/mol. The molecule has 0 saturated heterocycles. The minimum absolute atomic E-state index is 0.0104. The number of primary amides is 1. The lowest BCUT2D eigenvalue weighted by atomic mass is 10.1. The highest BCUT2D eigenvalue weighted by Crippen LogP contribution is 2.36. The Kier molecular flexibility index (Phi) is 7.23. The molecule has 172 valence electrons. The van der Waals surface area contributed by atoms with Gasteiger partial charge < -0.3 is 26.4 Å². The SMILES string of the molecule is CNC(=O)COc1ccc(C(=O)c2sc(N(c3ccc(F)cc3)C(C)C(N)=O)nc2N)cc1. The maximum atomic E-state index is 13.4. The molecule has 0 saturated carbocycles. The van der Waals surface area contributed by atoms with Crippen molar-refractivity contribution in [1.82, 2.24) is 10.3 Å². The van der Waals surface area contributed by atoms with Crippen molar-refractivity contribution in [3.05, 3.63) is 64.8 Å². The summed E-state index contributed by atoms with van der Waals surface area (Å²) in [5.74, 6) is -1.32. The molecular formula is C22H22FN5O4S. The van der Waals surface area contributed by atoms with Crippen LogP contribution in [-0.4, -0.2) is 42.3 Å². The number of ketones is 1. The van der Waals surface area contributed by atoms with Crippen LogP contribution in [0.25, 0.3) is 0 Å². The first-order chi connectivity index (χ1) is 15.7. The Morgan fingerprint density at radius 3 is 2.36 bits per heavy atom. The number of carbonyl (C=O) groups excluding carboxylic acids is 3. The van der Waals surface area contributed by atoms with E-state index >= 15 is 0 Å². The van der Waals surface area contributed by atoms with Crippen molar-refractivity contribution in [2.45, 2.75) is 13.0 Å². The Labute approximate surface area is 193 Å². The Morgan fingerprint density at radius 1 is 1.15 bits per heavy atom. The van der Waals surface area contributed by atoms with Crippen LogP contribution in [0, 0.1) is 5.82 Å². The van der Waals surface area contributed by atoms with Crippen molar-refractivity contribution in [3.8, 4) is 5.75 Å². The van der Waals surface area contributed by atoms with E-state index in [4.69, 9.17) is 16.2 Å². The molecule has 1 aromatic heterocycles. The third kappa shape index (κ3) is 5.44. The van der Waals surface area contributed by atoms with E-state index in [9.17, 15) is 18.8 Å². The van der Waals surface area contributed by atoms with Crippen LogP contribution in [0.3, 0.4) is 0 Å². The van der Waals surface area contributed by atoms with Crippen LogP contribution in [0.5, 0.6) is 5.75 Å². The third-order valence-corrected chi connectivity index (χ3v) is 5.79. The van der Waals surface area contributed by atoms with E-state index in [1.165, 1.54) is 36.2 Å². The van der Waals surface area contributed by atoms with E-state index in [0.29, 0.717) is 17.0 Å². The smallest absolute Gasteiger partial charge is 0.257 e. The number of hydrogen-bond acceptors (Lipinski definition) is 8. The van der Waals surface area contributed by atoms with E-state index < -0.39 is 17.8 Å². The number of benzene rings is 2. The van der Waals surface area contributed by atoms with Crippen LogP contribution in [0.2, 0.25) is 0 Å². The fraction of sp³-hybridized carbons (Fsp3) is 0.182. The molecule has 0 fully saturated rings. The zero-order chi connectivity index (χ0) is 24.1. The Hall–Kier alpha value is -3.99. The number of anilines is 3. The van der Waals surface area contributed by atoms with Gasteiger partial charge in [-0.1, -0.05) is 11.3 Å². The number of ether oxygens (including phenoxy) is 1. The lowest BCUT2D eigenvalue weighted by Gasteiger charge is -2.26. The summed E-state index contributed by atoms with van der Waals surface area (Å²) >= 11 is 0.991. The van der Waals surface area contributed by atoms with Crippen LogP contribution in [0.15, 0.2) is 48.5 Å². The maximum absolute atomic E-state index is 13.4. The lowest BCUT2D eigenvalue weighted by Crippen LogP contribution is -2.39. The number of nitrogens with two attached hydrogens (primary N) is 2. The Bertz CT molecular complexity index is 1160. The number of nitrogen functional groups attached to an aromatic ring is 1. The summed E-state index contributed by atoms with van der Waals surface area (Å²) in [6.45, 7) is 1.43. The van der Waals surface area contributed by atoms with Crippen molar-refractivity contribution >= 4 is 45.6 Å². The van der Waals surface area contributed by atoms with E-state index in [1.54, 1.807) is 31.2 Å². The number of likely N-dealkylation sites (N-methyl/N-ethyl adjacent to an activating group) is 1. The standard InChI is InChI=1S/C22H22FN5O4S/c1-12(21(25)31)28(15-7-5-14(23)6-8-15)22-27-20(24)19(33-22)18(30)13-3-9-16(10-4-13)32-11-17(29)26-2/h3-10,12H,11,24H2,1-2H3,(H2,25,31)(H,26,29). The number of amides is 2. The number of hydrogen-bond donors (Lipinski definition) is 3. The molecule has 2 amide bonds. The second-order valence-corrected chi connectivity index (χ2v) is 7.93. The normalized spacial score (nSPS) is 11.5. The molecule has 0 radical (unpaired) electrons. The summed E-state index contributed by atoms with van der Waals surface area (Å²) in [7, 11) is 1.50. The number of aromatic nitrogens is 1. The van der Waals surface area contributed by atoms with Gasteiger partial charge in [0.2, 0.25) is 11.7 Å². The molecule has 1 heterocycles. The molecule has 9 nitrogen and oxygen atoms in total. The van der Waals surface area contributed by atoms with Gasteiger partial charge in [0.1, 0.15) is 28.3 Å². The van der Waals surface area contributed by atoms with Gasteiger partial charge >= 0.3 is 0 Å². The number of nitrogens with one attached hydrogen (secondary N) is 1. The van der Waals surface area contributed by atoms with Crippen LogP contribution in [0.1, 0.15) is 22.2 Å². The molecule has 3 rings (SSSR count). The second-order valence-electron chi connectivity index (χ2n) is 6.95. The van der Waals surface area contributed by atoms with Gasteiger partial charge in [0.25, 0.3) is 5.91 Å². The van der Waals surface area contributed by atoms with Gasteiger partial charge in [-0.25, -0.2) is 9.37 Å². The van der Waals surface area contributed by atoms with Crippen LogP contribution in [0.4, 0.5) is 21.0 Å². The zero-order valence-corrected chi connectivity index (χ0v) is 18.7. The highest BCUT2D eigenvalue weighted by molar-refractivity contribution is 7.18.